The molecule has 0 saturated carbocycles. The first-order valence-corrected chi connectivity index (χ1v) is 8.21. The Hall–Kier alpha value is -3.54. The zero-order valence-corrected chi connectivity index (χ0v) is 14.4. The largest absolute Gasteiger partial charge is 0.461 e. The number of benzene rings is 1. The standard InChI is InChI=1S/C19H14F3N3O3/c20-19(21,22)14-6-1-4-13(12-14)5-2-10-23-16(26)8-9-17-24-18(25-28-17)15-7-3-11-27-15/h1,3-4,6-7,11-12H,8-10H2,(H,23,26). The van der Waals surface area contributed by atoms with Gasteiger partial charge < -0.3 is 14.3 Å². The predicted octanol–water partition coefficient (Wildman–Crippen LogP) is 3.45. The Bertz CT molecular complexity index is 999. The van der Waals surface area contributed by atoms with Crippen LogP contribution in [0.25, 0.3) is 11.6 Å². The van der Waals surface area contributed by atoms with Crippen LogP contribution in [0.4, 0.5) is 13.2 Å². The van der Waals surface area contributed by atoms with Crippen molar-refractivity contribution in [2.75, 3.05) is 6.54 Å². The molecule has 6 nitrogen and oxygen atoms in total. The molecule has 0 radical (unpaired) electrons. The van der Waals surface area contributed by atoms with E-state index < -0.39 is 11.7 Å². The lowest BCUT2D eigenvalue weighted by atomic mass is 10.1. The molecule has 1 N–H and O–H groups in total. The molecule has 28 heavy (non-hydrogen) atoms. The summed E-state index contributed by atoms with van der Waals surface area (Å²) < 4.78 is 48.1. The van der Waals surface area contributed by atoms with E-state index in [1.807, 2.05) is 0 Å². The fourth-order valence-corrected chi connectivity index (χ4v) is 2.23. The lowest BCUT2D eigenvalue weighted by Crippen LogP contribution is -2.23. The third-order valence-corrected chi connectivity index (χ3v) is 3.57. The average Bonchev–Trinajstić information content (AvgIpc) is 3.34. The molecule has 0 spiro atoms. The highest BCUT2D eigenvalue weighted by Gasteiger charge is 2.30. The van der Waals surface area contributed by atoms with Crippen LogP contribution in [-0.2, 0) is 17.4 Å². The van der Waals surface area contributed by atoms with Crippen LogP contribution < -0.4 is 5.32 Å². The molecule has 3 aromatic rings. The summed E-state index contributed by atoms with van der Waals surface area (Å²) in [6.45, 7) is 0.0105. The Morgan fingerprint density at radius 3 is 2.82 bits per heavy atom. The van der Waals surface area contributed by atoms with Crippen LogP contribution in [0.1, 0.15) is 23.4 Å². The molecule has 0 aliphatic carbocycles. The number of hydrogen-bond donors (Lipinski definition) is 1. The number of furan rings is 1. The summed E-state index contributed by atoms with van der Waals surface area (Å²) in [5, 5.41) is 6.32. The van der Waals surface area contributed by atoms with Crippen LogP contribution in [0.15, 0.2) is 51.6 Å². The molecule has 0 aliphatic heterocycles. The molecule has 3 rings (SSSR count). The van der Waals surface area contributed by atoms with Crippen molar-refractivity contribution in [1.82, 2.24) is 15.5 Å². The first kappa shape index (κ1) is 19.2. The van der Waals surface area contributed by atoms with Gasteiger partial charge in [-0.15, -0.1) is 0 Å². The van der Waals surface area contributed by atoms with E-state index >= 15 is 0 Å². The summed E-state index contributed by atoms with van der Waals surface area (Å²) in [7, 11) is 0. The summed E-state index contributed by atoms with van der Waals surface area (Å²) in [5.41, 5.74) is -0.544. The van der Waals surface area contributed by atoms with E-state index in [0.717, 1.165) is 12.1 Å². The Balaban J connectivity index is 1.45. The van der Waals surface area contributed by atoms with E-state index in [-0.39, 0.29) is 36.7 Å². The summed E-state index contributed by atoms with van der Waals surface area (Å²) in [4.78, 5) is 15.9. The number of hydrogen-bond acceptors (Lipinski definition) is 5. The van der Waals surface area contributed by atoms with Crippen molar-refractivity contribution in [2.24, 2.45) is 0 Å². The smallest absolute Gasteiger partial charge is 0.416 e. The first-order chi connectivity index (χ1) is 13.4. The molecule has 0 unspecified atom stereocenters. The van der Waals surface area contributed by atoms with Gasteiger partial charge in [-0.05, 0) is 30.3 Å². The van der Waals surface area contributed by atoms with Gasteiger partial charge in [0.1, 0.15) is 0 Å². The Morgan fingerprint density at radius 1 is 1.21 bits per heavy atom. The minimum absolute atomic E-state index is 0.0105. The van der Waals surface area contributed by atoms with E-state index in [2.05, 4.69) is 27.3 Å². The zero-order chi connectivity index (χ0) is 20.0. The van der Waals surface area contributed by atoms with Crippen molar-refractivity contribution in [3.63, 3.8) is 0 Å². The second-order valence-electron chi connectivity index (χ2n) is 5.65. The van der Waals surface area contributed by atoms with Crippen LogP contribution in [-0.4, -0.2) is 22.6 Å². The summed E-state index contributed by atoms with van der Waals surface area (Å²) >= 11 is 0. The van der Waals surface area contributed by atoms with E-state index in [1.165, 1.54) is 18.4 Å². The van der Waals surface area contributed by atoms with E-state index in [1.54, 1.807) is 12.1 Å². The van der Waals surface area contributed by atoms with Crippen LogP contribution in [0.3, 0.4) is 0 Å². The summed E-state index contributed by atoms with van der Waals surface area (Å²) in [6.07, 6.45) is -2.59. The maximum absolute atomic E-state index is 12.6. The van der Waals surface area contributed by atoms with Crippen molar-refractivity contribution in [1.29, 1.82) is 0 Å². The van der Waals surface area contributed by atoms with E-state index in [9.17, 15) is 18.0 Å². The fourth-order valence-electron chi connectivity index (χ4n) is 2.23. The Kier molecular flexibility index (Phi) is 5.79. The third-order valence-electron chi connectivity index (χ3n) is 3.57. The molecule has 0 fully saturated rings. The number of aryl methyl sites for hydroxylation is 1. The van der Waals surface area contributed by atoms with Gasteiger partial charge in [0.25, 0.3) is 0 Å². The number of rotatable bonds is 5. The Labute approximate surface area is 157 Å². The lowest BCUT2D eigenvalue weighted by molar-refractivity contribution is -0.137. The van der Waals surface area contributed by atoms with Crippen molar-refractivity contribution in [3.8, 4) is 23.4 Å². The van der Waals surface area contributed by atoms with Gasteiger partial charge >= 0.3 is 6.18 Å². The Morgan fingerprint density at radius 2 is 2.07 bits per heavy atom. The first-order valence-electron chi connectivity index (χ1n) is 8.21. The minimum atomic E-state index is -4.42. The predicted molar refractivity (Wildman–Crippen MR) is 91.7 cm³/mol. The number of nitrogens with one attached hydrogen (secondary N) is 1. The molecule has 9 heteroatoms. The maximum atomic E-state index is 12.6. The second-order valence-corrected chi connectivity index (χ2v) is 5.65. The second kappa shape index (κ2) is 8.43. The number of amides is 1. The van der Waals surface area contributed by atoms with Crippen LogP contribution in [0, 0.1) is 11.8 Å². The van der Waals surface area contributed by atoms with Gasteiger partial charge in [0.05, 0.1) is 18.4 Å². The summed E-state index contributed by atoms with van der Waals surface area (Å²) in [5.74, 6) is 5.96. The molecule has 2 aromatic heterocycles. The lowest BCUT2D eigenvalue weighted by Gasteiger charge is -2.05. The highest BCUT2D eigenvalue weighted by Crippen LogP contribution is 2.29. The van der Waals surface area contributed by atoms with Gasteiger partial charge in [-0.3, -0.25) is 4.79 Å². The molecule has 0 atom stereocenters. The number of alkyl halides is 3. The quantitative estimate of drug-likeness (QED) is 0.676. The van der Waals surface area contributed by atoms with E-state index in [0.29, 0.717) is 11.6 Å². The van der Waals surface area contributed by atoms with Gasteiger partial charge in [0.15, 0.2) is 5.76 Å². The molecule has 144 valence electrons. The summed E-state index contributed by atoms with van der Waals surface area (Å²) in [6, 6.07) is 8.06. The van der Waals surface area contributed by atoms with E-state index in [4.69, 9.17) is 8.94 Å². The van der Waals surface area contributed by atoms with Gasteiger partial charge in [-0.25, -0.2) is 0 Å². The normalized spacial score (nSPS) is 11.0. The number of carbonyl (C=O) groups is 1. The SMILES string of the molecule is O=C(CCc1nc(-c2ccco2)no1)NCC#Cc1cccc(C(F)(F)F)c1. The molecule has 0 bridgehead atoms. The molecule has 1 aromatic carbocycles. The highest BCUT2D eigenvalue weighted by molar-refractivity contribution is 5.76. The topological polar surface area (TPSA) is 81.2 Å². The molecular formula is C19H14F3N3O3. The van der Waals surface area contributed by atoms with Crippen molar-refractivity contribution < 1.29 is 26.9 Å². The highest BCUT2D eigenvalue weighted by atomic mass is 19.4. The molecular weight excluding hydrogens is 375 g/mol. The van der Waals surface area contributed by atoms with Crippen LogP contribution in [0.5, 0.6) is 0 Å². The molecule has 2 heterocycles. The van der Waals surface area contributed by atoms with Crippen molar-refractivity contribution in [2.45, 2.75) is 19.0 Å². The number of carbonyl (C=O) groups excluding carboxylic acids is 1. The maximum Gasteiger partial charge on any atom is 0.416 e. The number of halogens is 3. The average molecular weight is 389 g/mol. The van der Waals surface area contributed by atoms with Crippen LogP contribution >= 0.6 is 0 Å². The van der Waals surface area contributed by atoms with Crippen molar-refractivity contribution >= 4 is 5.91 Å². The van der Waals surface area contributed by atoms with Gasteiger partial charge in [-0.2, -0.15) is 18.2 Å². The molecule has 1 amide bonds. The van der Waals surface area contributed by atoms with Crippen molar-refractivity contribution in [3.05, 3.63) is 59.7 Å². The molecule has 0 saturated heterocycles. The fraction of sp³-hybridized carbons (Fsp3) is 0.211. The monoisotopic (exact) mass is 389 g/mol. The number of aromatic nitrogens is 2. The van der Waals surface area contributed by atoms with Gasteiger partial charge in [0, 0.05) is 18.4 Å². The zero-order valence-electron chi connectivity index (χ0n) is 14.4. The van der Waals surface area contributed by atoms with Gasteiger partial charge in [0.2, 0.25) is 17.6 Å². The van der Waals surface area contributed by atoms with Crippen LogP contribution in [0.2, 0.25) is 0 Å². The van der Waals surface area contributed by atoms with Gasteiger partial charge in [-0.1, -0.05) is 23.1 Å². The number of nitrogens with zero attached hydrogens (tertiary/aromatic N) is 2. The minimum Gasteiger partial charge on any atom is -0.461 e. The third kappa shape index (κ3) is 5.23. The molecule has 0 aliphatic rings.